The molecule has 0 amide bonds. The summed E-state index contributed by atoms with van der Waals surface area (Å²) in [4.78, 5) is 0. The van der Waals surface area contributed by atoms with Crippen LogP contribution in [-0.2, 0) is 0 Å². The van der Waals surface area contributed by atoms with E-state index < -0.39 is 0 Å². The highest BCUT2D eigenvalue weighted by molar-refractivity contribution is 9.10. The van der Waals surface area contributed by atoms with Crippen molar-refractivity contribution in [2.45, 2.75) is 30.7 Å². The molecule has 1 atom stereocenters. The Hall–Kier alpha value is -0.340. The highest BCUT2D eigenvalue weighted by Gasteiger charge is 2.52. The first-order valence-electron chi connectivity index (χ1n) is 5.31. The Kier molecular flexibility index (Phi) is 1.96. The first kappa shape index (κ1) is 8.93. The lowest BCUT2D eigenvalue weighted by Crippen LogP contribution is -2.27. The van der Waals surface area contributed by atoms with Gasteiger partial charge in [-0.05, 0) is 37.4 Å². The second-order valence-electron chi connectivity index (χ2n) is 4.45. The van der Waals surface area contributed by atoms with E-state index in [1.807, 2.05) is 0 Å². The molecule has 14 heavy (non-hydrogen) atoms. The van der Waals surface area contributed by atoms with Gasteiger partial charge < -0.3 is 5.32 Å². The van der Waals surface area contributed by atoms with Gasteiger partial charge in [-0.1, -0.05) is 34.1 Å². The lowest BCUT2D eigenvalue weighted by atomic mass is 9.90. The van der Waals surface area contributed by atoms with E-state index in [0.29, 0.717) is 5.54 Å². The van der Waals surface area contributed by atoms with Gasteiger partial charge in [-0.2, -0.15) is 0 Å². The topological polar surface area (TPSA) is 12.0 Å². The monoisotopic (exact) mass is 251 g/mol. The molecule has 0 aromatic heterocycles. The average molecular weight is 252 g/mol. The van der Waals surface area contributed by atoms with Crippen molar-refractivity contribution in [3.8, 4) is 0 Å². The molecule has 1 nitrogen and oxygen atoms in total. The minimum Gasteiger partial charge on any atom is -0.311 e. The summed E-state index contributed by atoms with van der Waals surface area (Å²) in [6.07, 6.45) is 4.01. The Bertz CT molecular complexity index is 357. The van der Waals surface area contributed by atoms with Crippen LogP contribution < -0.4 is 5.32 Å². The van der Waals surface area contributed by atoms with Crippen LogP contribution in [-0.4, -0.2) is 12.1 Å². The molecule has 2 aliphatic rings. The van der Waals surface area contributed by atoms with Crippen LogP contribution in [0.1, 0.15) is 30.7 Å². The predicted octanol–water partition coefficient (Wildman–Crippen LogP) is 3.06. The third-order valence-corrected chi connectivity index (χ3v) is 4.37. The summed E-state index contributed by atoms with van der Waals surface area (Å²) in [6.45, 7) is 1.19. The van der Waals surface area contributed by atoms with E-state index in [2.05, 4.69) is 45.5 Å². The molecular formula is C12H14BrN. The first-order valence-corrected chi connectivity index (χ1v) is 6.11. The average Bonchev–Trinajstić information content (AvgIpc) is 2.82. The van der Waals surface area contributed by atoms with Crippen LogP contribution in [0.15, 0.2) is 28.7 Å². The predicted molar refractivity (Wildman–Crippen MR) is 61.5 cm³/mol. The SMILES string of the molecule is Brc1ccccc1C1CCNC12CC2. The molecular weight excluding hydrogens is 238 g/mol. The van der Waals surface area contributed by atoms with Crippen molar-refractivity contribution in [2.24, 2.45) is 0 Å². The van der Waals surface area contributed by atoms with Crippen molar-refractivity contribution < 1.29 is 0 Å². The number of hydrogen-bond donors (Lipinski definition) is 1. The molecule has 0 bridgehead atoms. The minimum atomic E-state index is 0.476. The normalized spacial score (nSPS) is 28.2. The van der Waals surface area contributed by atoms with Gasteiger partial charge in [-0.3, -0.25) is 0 Å². The summed E-state index contributed by atoms with van der Waals surface area (Å²) in [5, 5.41) is 3.66. The molecule has 1 saturated heterocycles. The molecule has 1 heterocycles. The fraction of sp³-hybridized carbons (Fsp3) is 0.500. The van der Waals surface area contributed by atoms with Crippen molar-refractivity contribution in [3.63, 3.8) is 0 Å². The fourth-order valence-electron chi connectivity index (χ4n) is 2.74. The van der Waals surface area contributed by atoms with Gasteiger partial charge in [-0.15, -0.1) is 0 Å². The highest BCUT2D eigenvalue weighted by Crippen LogP contribution is 2.53. The second-order valence-corrected chi connectivity index (χ2v) is 5.30. The standard InChI is InChI=1S/C12H14BrN/c13-11-4-2-1-3-9(11)10-5-8-14-12(10)6-7-12/h1-4,10,14H,5-8H2. The van der Waals surface area contributed by atoms with E-state index in [4.69, 9.17) is 0 Å². The van der Waals surface area contributed by atoms with Crippen LogP contribution in [0.5, 0.6) is 0 Å². The van der Waals surface area contributed by atoms with E-state index in [1.165, 1.54) is 35.8 Å². The minimum absolute atomic E-state index is 0.476. The number of halogens is 1. The molecule has 1 spiro atoms. The molecule has 1 N–H and O–H groups in total. The molecule has 1 unspecified atom stereocenters. The number of hydrogen-bond acceptors (Lipinski definition) is 1. The third-order valence-electron chi connectivity index (χ3n) is 3.65. The zero-order valence-electron chi connectivity index (χ0n) is 8.09. The number of benzene rings is 1. The van der Waals surface area contributed by atoms with Crippen LogP contribution in [0, 0.1) is 0 Å². The number of nitrogens with one attached hydrogen (secondary N) is 1. The smallest absolute Gasteiger partial charge is 0.0252 e. The molecule has 0 radical (unpaired) electrons. The van der Waals surface area contributed by atoms with Crippen molar-refractivity contribution in [2.75, 3.05) is 6.54 Å². The first-order chi connectivity index (χ1) is 6.82. The van der Waals surface area contributed by atoms with E-state index in [0.717, 1.165) is 5.92 Å². The number of rotatable bonds is 1. The maximum Gasteiger partial charge on any atom is 0.0252 e. The van der Waals surface area contributed by atoms with Gasteiger partial charge in [0.25, 0.3) is 0 Å². The van der Waals surface area contributed by atoms with Crippen LogP contribution in [0.25, 0.3) is 0 Å². The summed E-state index contributed by atoms with van der Waals surface area (Å²) < 4.78 is 1.28. The van der Waals surface area contributed by atoms with Gasteiger partial charge in [0.05, 0.1) is 0 Å². The molecule has 74 valence electrons. The maximum atomic E-state index is 3.66. The maximum absolute atomic E-state index is 3.66. The Morgan fingerprint density at radius 3 is 2.79 bits per heavy atom. The molecule has 1 aromatic rings. The largest absolute Gasteiger partial charge is 0.311 e. The molecule has 1 aliphatic heterocycles. The molecule has 3 rings (SSSR count). The Labute approximate surface area is 93.0 Å². The summed E-state index contributed by atoms with van der Waals surface area (Å²) in [6, 6.07) is 8.66. The Morgan fingerprint density at radius 2 is 2.07 bits per heavy atom. The third kappa shape index (κ3) is 1.24. The van der Waals surface area contributed by atoms with Gasteiger partial charge in [0.1, 0.15) is 0 Å². The van der Waals surface area contributed by atoms with E-state index in [9.17, 15) is 0 Å². The Morgan fingerprint density at radius 1 is 1.29 bits per heavy atom. The highest BCUT2D eigenvalue weighted by atomic mass is 79.9. The van der Waals surface area contributed by atoms with Crippen LogP contribution in [0.4, 0.5) is 0 Å². The van der Waals surface area contributed by atoms with Crippen molar-refractivity contribution in [3.05, 3.63) is 34.3 Å². The quantitative estimate of drug-likeness (QED) is 0.810. The second kappa shape index (κ2) is 3.07. The summed E-state index contributed by atoms with van der Waals surface area (Å²) >= 11 is 3.66. The van der Waals surface area contributed by atoms with Gasteiger partial charge >= 0.3 is 0 Å². The van der Waals surface area contributed by atoms with Crippen molar-refractivity contribution in [1.29, 1.82) is 0 Å². The van der Waals surface area contributed by atoms with Crippen LogP contribution in [0.2, 0.25) is 0 Å². The summed E-state index contributed by atoms with van der Waals surface area (Å²) in [7, 11) is 0. The molecule has 1 saturated carbocycles. The fourth-order valence-corrected chi connectivity index (χ4v) is 3.30. The van der Waals surface area contributed by atoms with Gasteiger partial charge in [-0.25, -0.2) is 0 Å². The van der Waals surface area contributed by atoms with Gasteiger partial charge in [0.2, 0.25) is 0 Å². The van der Waals surface area contributed by atoms with Gasteiger partial charge in [0.15, 0.2) is 0 Å². The zero-order chi connectivity index (χ0) is 9.60. The summed E-state index contributed by atoms with van der Waals surface area (Å²) in [5.74, 6) is 0.734. The van der Waals surface area contributed by atoms with E-state index >= 15 is 0 Å². The van der Waals surface area contributed by atoms with Crippen molar-refractivity contribution >= 4 is 15.9 Å². The van der Waals surface area contributed by atoms with Crippen LogP contribution in [0.3, 0.4) is 0 Å². The molecule has 2 heteroatoms. The van der Waals surface area contributed by atoms with E-state index in [1.54, 1.807) is 0 Å². The molecule has 1 aliphatic carbocycles. The van der Waals surface area contributed by atoms with Crippen molar-refractivity contribution in [1.82, 2.24) is 5.32 Å². The van der Waals surface area contributed by atoms with E-state index in [-0.39, 0.29) is 0 Å². The molecule has 1 aromatic carbocycles. The zero-order valence-corrected chi connectivity index (χ0v) is 9.68. The Balaban J connectivity index is 1.99. The van der Waals surface area contributed by atoms with Crippen LogP contribution >= 0.6 is 15.9 Å². The van der Waals surface area contributed by atoms with Gasteiger partial charge in [0, 0.05) is 15.9 Å². The lowest BCUT2D eigenvalue weighted by Gasteiger charge is -2.19. The summed E-state index contributed by atoms with van der Waals surface area (Å²) in [5.41, 5.74) is 1.97. The molecule has 2 fully saturated rings. The lowest BCUT2D eigenvalue weighted by molar-refractivity contribution is 0.534.